The highest BCUT2D eigenvalue weighted by atomic mass is 19.4. The van der Waals surface area contributed by atoms with E-state index in [0.29, 0.717) is 5.56 Å². The topological polar surface area (TPSA) is 95.6 Å². The SMILES string of the molecule is CCOC(=O)c1cc(Cn2c(C)c(O)n(-c3ccc(OC(F)(F)F)cc3)c2=O)ccn1. The molecule has 0 aliphatic carbocycles. The molecule has 164 valence electrons. The highest BCUT2D eigenvalue weighted by Gasteiger charge is 2.31. The second-order valence-corrected chi connectivity index (χ2v) is 6.42. The third-order valence-electron chi connectivity index (χ3n) is 4.34. The molecule has 11 heteroatoms. The standard InChI is InChI=1S/C20H18F3N3O5/c1-3-30-18(28)16-10-13(8-9-24-16)11-25-12(2)17(27)26(19(25)29)14-4-6-15(7-5-14)31-20(21,22)23/h4-10,27H,3,11H2,1-2H3. The Bertz CT molecular complexity index is 1150. The second kappa shape index (κ2) is 8.54. The second-order valence-electron chi connectivity index (χ2n) is 6.42. The minimum Gasteiger partial charge on any atom is -0.493 e. The van der Waals surface area contributed by atoms with E-state index < -0.39 is 23.8 Å². The molecule has 1 aromatic carbocycles. The van der Waals surface area contributed by atoms with E-state index in [4.69, 9.17) is 4.74 Å². The van der Waals surface area contributed by atoms with Crippen LogP contribution in [0.2, 0.25) is 0 Å². The number of aromatic hydroxyl groups is 1. The van der Waals surface area contributed by atoms with Crippen molar-refractivity contribution < 1.29 is 32.5 Å². The Hall–Kier alpha value is -3.76. The van der Waals surface area contributed by atoms with Crippen LogP contribution in [0.5, 0.6) is 11.6 Å². The Labute approximate surface area is 174 Å². The molecular weight excluding hydrogens is 419 g/mol. The summed E-state index contributed by atoms with van der Waals surface area (Å²) in [6, 6.07) is 7.59. The molecule has 31 heavy (non-hydrogen) atoms. The maximum atomic E-state index is 12.9. The summed E-state index contributed by atoms with van der Waals surface area (Å²) in [5.41, 5.74) is 0.410. The molecule has 3 aromatic rings. The van der Waals surface area contributed by atoms with E-state index in [0.717, 1.165) is 16.7 Å². The zero-order valence-electron chi connectivity index (χ0n) is 16.5. The van der Waals surface area contributed by atoms with Gasteiger partial charge in [0.1, 0.15) is 11.4 Å². The van der Waals surface area contributed by atoms with Crippen LogP contribution in [-0.4, -0.2) is 38.2 Å². The number of hydrogen-bond donors (Lipinski definition) is 1. The van der Waals surface area contributed by atoms with E-state index in [2.05, 4.69) is 9.72 Å². The quantitative estimate of drug-likeness (QED) is 0.596. The molecule has 0 fully saturated rings. The average molecular weight is 437 g/mol. The first kappa shape index (κ1) is 21.9. The summed E-state index contributed by atoms with van der Waals surface area (Å²) in [5, 5.41) is 10.4. The van der Waals surface area contributed by atoms with Gasteiger partial charge in [-0.2, -0.15) is 0 Å². The molecule has 0 unspecified atom stereocenters. The monoisotopic (exact) mass is 437 g/mol. The van der Waals surface area contributed by atoms with Crippen molar-refractivity contribution in [3.8, 4) is 17.3 Å². The van der Waals surface area contributed by atoms with Crippen molar-refractivity contribution in [1.29, 1.82) is 0 Å². The summed E-state index contributed by atoms with van der Waals surface area (Å²) in [7, 11) is 0. The predicted octanol–water partition coefficient (Wildman–Crippen LogP) is 3.17. The van der Waals surface area contributed by atoms with Gasteiger partial charge in [0.05, 0.1) is 24.5 Å². The molecule has 2 heterocycles. The molecule has 0 atom stereocenters. The molecule has 0 amide bonds. The lowest BCUT2D eigenvalue weighted by molar-refractivity contribution is -0.274. The van der Waals surface area contributed by atoms with E-state index in [1.165, 1.54) is 35.9 Å². The smallest absolute Gasteiger partial charge is 0.493 e. The van der Waals surface area contributed by atoms with Crippen molar-refractivity contribution in [3.05, 3.63) is 70.0 Å². The number of imidazole rings is 1. The zero-order valence-corrected chi connectivity index (χ0v) is 16.5. The fourth-order valence-corrected chi connectivity index (χ4v) is 2.92. The zero-order chi connectivity index (χ0) is 22.8. The number of benzene rings is 1. The van der Waals surface area contributed by atoms with Crippen LogP contribution in [0.1, 0.15) is 28.7 Å². The highest BCUT2D eigenvalue weighted by molar-refractivity contribution is 5.87. The van der Waals surface area contributed by atoms with Crippen LogP contribution in [0.25, 0.3) is 5.69 Å². The number of carbonyl (C=O) groups is 1. The maximum absolute atomic E-state index is 12.9. The van der Waals surface area contributed by atoms with E-state index in [1.807, 2.05) is 0 Å². The van der Waals surface area contributed by atoms with Gasteiger partial charge >= 0.3 is 18.0 Å². The minimum absolute atomic E-state index is 0.0232. The van der Waals surface area contributed by atoms with Gasteiger partial charge < -0.3 is 14.6 Å². The number of esters is 1. The summed E-state index contributed by atoms with van der Waals surface area (Å²) in [6.45, 7) is 3.39. The number of aromatic nitrogens is 3. The van der Waals surface area contributed by atoms with Gasteiger partial charge in [-0.3, -0.25) is 4.57 Å². The normalized spacial score (nSPS) is 11.4. The number of halogens is 3. The minimum atomic E-state index is -4.84. The number of hydrogen-bond acceptors (Lipinski definition) is 6. The summed E-state index contributed by atoms with van der Waals surface area (Å²) in [5.74, 6) is -1.42. The molecular formula is C20H18F3N3O5. The van der Waals surface area contributed by atoms with E-state index >= 15 is 0 Å². The van der Waals surface area contributed by atoms with Crippen LogP contribution in [0.15, 0.2) is 47.4 Å². The van der Waals surface area contributed by atoms with E-state index in [-0.39, 0.29) is 36.1 Å². The van der Waals surface area contributed by atoms with Crippen LogP contribution in [-0.2, 0) is 11.3 Å². The molecule has 0 saturated heterocycles. The first-order valence-electron chi connectivity index (χ1n) is 9.10. The molecule has 0 radical (unpaired) electrons. The summed E-state index contributed by atoms with van der Waals surface area (Å²) >= 11 is 0. The van der Waals surface area contributed by atoms with Crippen LogP contribution in [0, 0.1) is 6.92 Å². The lowest BCUT2D eigenvalue weighted by Crippen LogP contribution is -2.24. The number of ether oxygens (including phenoxy) is 2. The van der Waals surface area contributed by atoms with Crippen molar-refractivity contribution in [2.75, 3.05) is 6.61 Å². The largest absolute Gasteiger partial charge is 0.573 e. The molecule has 0 spiro atoms. The highest BCUT2D eigenvalue weighted by Crippen LogP contribution is 2.26. The van der Waals surface area contributed by atoms with Gasteiger partial charge in [-0.1, -0.05) is 0 Å². The molecule has 0 bridgehead atoms. The number of carbonyl (C=O) groups excluding carboxylic acids is 1. The Balaban J connectivity index is 1.92. The van der Waals surface area contributed by atoms with Crippen LogP contribution in [0.3, 0.4) is 0 Å². The first-order chi connectivity index (χ1) is 14.6. The maximum Gasteiger partial charge on any atom is 0.573 e. The van der Waals surface area contributed by atoms with Crippen molar-refractivity contribution in [2.24, 2.45) is 0 Å². The number of alkyl halides is 3. The number of rotatable bonds is 6. The van der Waals surface area contributed by atoms with Crippen LogP contribution < -0.4 is 10.4 Å². The summed E-state index contributed by atoms with van der Waals surface area (Å²) in [6.07, 6.45) is -3.44. The fourth-order valence-electron chi connectivity index (χ4n) is 2.92. The van der Waals surface area contributed by atoms with E-state index in [1.54, 1.807) is 13.0 Å². The van der Waals surface area contributed by atoms with Gasteiger partial charge in [-0.25, -0.2) is 19.1 Å². The molecule has 3 rings (SSSR count). The van der Waals surface area contributed by atoms with Gasteiger partial charge in [-0.05, 0) is 55.8 Å². The first-order valence-corrected chi connectivity index (χ1v) is 9.10. The van der Waals surface area contributed by atoms with Gasteiger partial charge in [0.2, 0.25) is 5.88 Å². The molecule has 1 N–H and O–H groups in total. The van der Waals surface area contributed by atoms with Gasteiger partial charge in [-0.15, -0.1) is 13.2 Å². The lowest BCUT2D eigenvalue weighted by Gasteiger charge is -2.09. The summed E-state index contributed by atoms with van der Waals surface area (Å²) < 4.78 is 47.9. The van der Waals surface area contributed by atoms with Gasteiger partial charge in [0.25, 0.3) is 0 Å². The van der Waals surface area contributed by atoms with Crippen LogP contribution in [0.4, 0.5) is 13.2 Å². The van der Waals surface area contributed by atoms with Crippen molar-refractivity contribution in [3.63, 3.8) is 0 Å². The molecule has 0 aliphatic heterocycles. The lowest BCUT2D eigenvalue weighted by atomic mass is 10.2. The molecule has 8 nitrogen and oxygen atoms in total. The Morgan fingerprint density at radius 2 is 1.87 bits per heavy atom. The van der Waals surface area contributed by atoms with Crippen molar-refractivity contribution in [2.45, 2.75) is 26.8 Å². The summed E-state index contributed by atoms with van der Waals surface area (Å²) in [4.78, 5) is 28.7. The fraction of sp³-hybridized carbons (Fsp3) is 0.250. The van der Waals surface area contributed by atoms with Crippen molar-refractivity contribution in [1.82, 2.24) is 14.1 Å². The van der Waals surface area contributed by atoms with Crippen molar-refractivity contribution >= 4 is 5.97 Å². The van der Waals surface area contributed by atoms with E-state index in [9.17, 15) is 27.9 Å². The van der Waals surface area contributed by atoms with Crippen LogP contribution >= 0.6 is 0 Å². The number of pyridine rings is 1. The third-order valence-corrected chi connectivity index (χ3v) is 4.34. The Morgan fingerprint density at radius 1 is 1.19 bits per heavy atom. The Kier molecular flexibility index (Phi) is 6.04. The average Bonchev–Trinajstić information content (AvgIpc) is 2.91. The molecule has 0 saturated carbocycles. The molecule has 2 aromatic heterocycles. The number of nitrogens with zero attached hydrogens (tertiary/aromatic N) is 3. The Morgan fingerprint density at radius 3 is 2.48 bits per heavy atom. The predicted molar refractivity (Wildman–Crippen MR) is 102 cm³/mol. The third kappa shape index (κ3) is 4.87. The van der Waals surface area contributed by atoms with Gasteiger partial charge in [0, 0.05) is 6.20 Å². The molecule has 0 aliphatic rings. The van der Waals surface area contributed by atoms with Gasteiger partial charge in [0.15, 0.2) is 0 Å².